The molecule has 0 aliphatic carbocycles. The standard InChI is InChI=1S/C29H29ClN4O3S/c1-20-13-14-27(15-21(20)2)34-22(3)16-24(23(34)4)18-31-32-29(35)19-33(26-10-8-9-25(30)17-26)38(36,37)28-11-6-5-7-12-28/h5-18H,19H2,1-4H3,(H,32,35)/b31-18+. The molecule has 1 heterocycles. The van der Waals surface area contributed by atoms with E-state index in [0.29, 0.717) is 5.02 Å². The van der Waals surface area contributed by atoms with Crippen molar-refractivity contribution in [2.45, 2.75) is 32.6 Å². The number of benzene rings is 3. The number of hydrazone groups is 1. The Morgan fingerprint density at radius 1 is 0.947 bits per heavy atom. The molecule has 0 saturated carbocycles. The molecule has 4 rings (SSSR count). The van der Waals surface area contributed by atoms with Crippen molar-refractivity contribution >= 4 is 39.4 Å². The van der Waals surface area contributed by atoms with Gasteiger partial charge in [-0.2, -0.15) is 5.10 Å². The predicted molar refractivity (Wildman–Crippen MR) is 153 cm³/mol. The highest BCUT2D eigenvalue weighted by atomic mass is 35.5. The third-order valence-corrected chi connectivity index (χ3v) is 8.35. The van der Waals surface area contributed by atoms with E-state index in [1.165, 1.54) is 29.3 Å². The number of aromatic nitrogens is 1. The quantitative estimate of drug-likeness (QED) is 0.226. The van der Waals surface area contributed by atoms with E-state index in [1.54, 1.807) is 42.6 Å². The minimum absolute atomic E-state index is 0.0649. The van der Waals surface area contributed by atoms with E-state index >= 15 is 0 Å². The van der Waals surface area contributed by atoms with Crippen molar-refractivity contribution in [1.29, 1.82) is 0 Å². The molecule has 1 N–H and O–H groups in total. The lowest BCUT2D eigenvalue weighted by Gasteiger charge is -2.23. The average molecular weight is 549 g/mol. The van der Waals surface area contributed by atoms with Gasteiger partial charge in [0, 0.05) is 27.7 Å². The zero-order valence-corrected chi connectivity index (χ0v) is 23.2. The van der Waals surface area contributed by atoms with Crippen LogP contribution in [0.3, 0.4) is 0 Å². The summed E-state index contributed by atoms with van der Waals surface area (Å²) in [5.41, 5.74) is 9.05. The molecule has 0 atom stereocenters. The Kier molecular flexibility index (Phi) is 8.04. The molecule has 0 spiro atoms. The highest BCUT2D eigenvalue weighted by Crippen LogP contribution is 2.26. The Bertz CT molecular complexity index is 1610. The van der Waals surface area contributed by atoms with Gasteiger partial charge in [0.2, 0.25) is 0 Å². The first kappa shape index (κ1) is 27.2. The van der Waals surface area contributed by atoms with E-state index in [9.17, 15) is 13.2 Å². The maximum absolute atomic E-state index is 13.4. The molecule has 0 bridgehead atoms. The Labute approximate surface area is 228 Å². The lowest BCUT2D eigenvalue weighted by atomic mass is 10.1. The molecule has 0 unspecified atom stereocenters. The summed E-state index contributed by atoms with van der Waals surface area (Å²) in [6.07, 6.45) is 1.56. The van der Waals surface area contributed by atoms with Gasteiger partial charge in [-0.3, -0.25) is 9.10 Å². The zero-order valence-electron chi connectivity index (χ0n) is 21.6. The smallest absolute Gasteiger partial charge is 0.264 e. The number of sulfonamides is 1. The maximum Gasteiger partial charge on any atom is 0.264 e. The lowest BCUT2D eigenvalue weighted by Crippen LogP contribution is -2.39. The van der Waals surface area contributed by atoms with Crippen molar-refractivity contribution in [3.05, 3.63) is 112 Å². The molecule has 4 aromatic rings. The molecule has 0 aliphatic rings. The number of nitrogens with one attached hydrogen (secondary N) is 1. The number of carbonyl (C=O) groups excluding carboxylic acids is 1. The number of halogens is 1. The molecule has 0 radical (unpaired) electrons. The van der Waals surface area contributed by atoms with E-state index in [0.717, 1.165) is 26.9 Å². The Morgan fingerprint density at radius 2 is 1.68 bits per heavy atom. The van der Waals surface area contributed by atoms with Crippen LogP contribution in [0.25, 0.3) is 5.69 Å². The Morgan fingerprint density at radius 3 is 2.37 bits per heavy atom. The van der Waals surface area contributed by atoms with Gasteiger partial charge in [0.1, 0.15) is 6.54 Å². The van der Waals surface area contributed by atoms with Crippen molar-refractivity contribution in [1.82, 2.24) is 9.99 Å². The number of anilines is 1. The number of amides is 1. The molecule has 1 amide bonds. The fourth-order valence-electron chi connectivity index (χ4n) is 4.19. The first-order valence-corrected chi connectivity index (χ1v) is 13.8. The molecule has 1 aromatic heterocycles. The minimum Gasteiger partial charge on any atom is -0.318 e. The molecule has 3 aromatic carbocycles. The summed E-state index contributed by atoms with van der Waals surface area (Å²) in [6.45, 7) is 7.67. The minimum atomic E-state index is -4.03. The van der Waals surface area contributed by atoms with Gasteiger partial charge in [-0.05, 0) is 87.4 Å². The summed E-state index contributed by atoms with van der Waals surface area (Å²) < 4.78 is 29.9. The molecule has 0 saturated heterocycles. The van der Waals surface area contributed by atoms with Crippen molar-refractivity contribution < 1.29 is 13.2 Å². The van der Waals surface area contributed by atoms with Crippen LogP contribution in [0.15, 0.2) is 88.9 Å². The van der Waals surface area contributed by atoms with Crippen molar-refractivity contribution in [3.8, 4) is 5.69 Å². The summed E-state index contributed by atoms with van der Waals surface area (Å²) in [5.74, 6) is -0.594. The highest BCUT2D eigenvalue weighted by molar-refractivity contribution is 7.92. The van der Waals surface area contributed by atoms with Crippen LogP contribution < -0.4 is 9.73 Å². The van der Waals surface area contributed by atoms with Crippen LogP contribution in [0.2, 0.25) is 5.02 Å². The van der Waals surface area contributed by atoms with Gasteiger partial charge in [0.15, 0.2) is 0 Å². The van der Waals surface area contributed by atoms with Crippen LogP contribution in [0, 0.1) is 27.7 Å². The SMILES string of the molecule is Cc1ccc(-n2c(C)cc(/C=N/NC(=O)CN(c3cccc(Cl)c3)S(=O)(=O)c3ccccc3)c2C)cc1C. The van der Waals surface area contributed by atoms with Crippen LogP contribution in [0.1, 0.15) is 28.1 Å². The number of hydrogen-bond donors (Lipinski definition) is 1. The van der Waals surface area contributed by atoms with Crippen LogP contribution >= 0.6 is 11.6 Å². The van der Waals surface area contributed by atoms with Crippen molar-refractivity contribution in [3.63, 3.8) is 0 Å². The fraction of sp³-hybridized carbons (Fsp3) is 0.172. The average Bonchev–Trinajstić information content (AvgIpc) is 3.17. The number of nitrogens with zero attached hydrogens (tertiary/aromatic N) is 3. The van der Waals surface area contributed by atoms with E-state index in [4.69, 9.17) is 11.6 Å². The van der Waals surface area contributed by atoms with Gasteiger partial charge in [0.05, 0.1) is 16.8 Å². The lowest BCUT2D eigenvalue weighted by molar-refractivity contribution is -0.119. The van der Waals surface area contributed by atoms with Crippen LogP contribution in [0.5, 0.6) is 0 Å². The van der Waals surface area contributed by atoms with Gasteiger partial charge in [-0.15, -0.1) is 0 Å². The first-order chi connectivity index (χ1) is 18.1. The summed E-state index contributed by atoms with van der Waals surface area (Å²) in [5, 5.41) is 4.47. The second-order valence-corrected chi connectivity index (χ2v) is 11.3. The van der Waals surface area contributed by atoms with Crippen LogP contribution in [-0.4, -0.2) is 31.7 Å². The molecule has 0 aliphatic heterocycles. The van der Waals surface area contributed by atoms with E-state index in [1.807, 2.05) is 19.9 Å². The molecular weight excluding hydrogens is 520 g/mol. The predicted octanol–water partition coefficient (Wildman–Crippen LogP) is 5.71. The van der Waals surface area contributed by atoms with E-state index in [-0.39, 0.29) is 10.6 Å². The molecule has 9 heteroatoms. The molecular formula is C29H29ClN4O3S. The molecule has 38 heavy (non-hydrogen) atoms. The van der Waals surface area contributed by atoms with E-state index < -0.39 is 22.5 Å². The second kappa shape index (κ2) is 11.2. The first-order valence-electron chi connectivity index (χ1n) is 12.0. The van der Waals surface area contributed by atoms with Gasteiger partial charge < -0.3 is 4.57 Å². The Balaban J connectivity index is 1.55. The number of carbonyl (C=O) groups is 1. The third kappa shape index (κ3) is 5.82. The monoisotopic (exact) mass is 548 g/mol. The van der Waals surface area contributed by atoms with Gasteiger partial charge in [0.25, 0.3) is 15.9 Å². The molecule has 7 nitrogen and oxygen atoms in total. The topological polar surface area (TPSA) is 83.8 Å². The number of aryl methyl sites for hydroxylation is 3. The zero-order chi connectivity index (χ0) is 27.4. The van der Waals surface area contributed by atoms with Crippen molar-refractivity contribution in [2.75, 3.05) is 10.8 Å². The normalized spacial score (nSPS) is 11.6. The van der Waals surface area contributed by atoms with Gasteiger partial charge >= 0.3 is 0 Å². The second-order valence-electron chi connectivity index (χ2n) is 9.03. The fourth-order valence-corrected chi connectivity index (χ4v) is 5.80. The summed E-state index contributed by atoms with van der Waals surface area (Å²) >= 11 is 6.12. The maximum atomic E-state index is 13.4. The Hall–Kier alpha value is -3.88. The van der Waals surface area contributed by atoms with Gasteiger partial charge in [-0.25, -0.2) is 13.8 Å². The number of rotatable bonds is 8. The molecule has 0 fully saturated rings. The van der Waals surface area contributed by atoms with Crippen LogP contribution in [-0.2, 0) is 14.8 Å². The van der Waals surface area contributed by atoms with Crippen molar-refractivity contribution in [2.24, 2.45) is 5.10 Å². The third-order valence-electron chi connectivity index (χ3n) is 6.33. The largest absolute Gasteiger partial charge is 0.318 e. The number of hydrogen-bond acceptors (Lipinski definition) is 4. The van der Waals surface area contributed by atoms with Gasteiger partial charge in [-0.1, -0.05) is 41.9 Å². The van der Waals surface area contributed by atoms with Crippen LogP contribution in [0.4, 0.5) is 5.69 Å². The van der Waals surface area contributed by atoms with E-state index in [2.05, 4.69) is 47.1 Å². The summed E-state index contributed by atoms with van der Waals surface area (Å²) in [4.78, 5) is 12.9. The summed E-state index contributed by atoms with van der Waals surface area (Å²) in [7, 11) is -4.03. The summed E-state index contributed by atoms with van der Waals surface area (Å²) in [6, 6.07) is 22.6. The molecule has 196 valence electrons. The highest BCUT2D eigenvalue weighted by Gasteiger charge is 2.27.